The van der Waals surface area contributed by atoms with Gasteiger partial charge in [0, 0.05) is 66.1 Å². The van der Waals surface area contributed by atoms with Crippen molar-refractivity contribution in [1.29, 1.82) is 0 Å². The van der Waals surface area contributed by atoms with Crippen molar-refractivity contribution in [2.75, 3.05) is 19.6 Å². The van der Waals surface area contributed by atoms with Gasteiger partial charge in [-0.2, -0.15) is 0 Å². The zero-order valence-electron chi connectivity index (χ0n) is 76.8. The molecule has 0 unspecified atom stereocenters. The number of nitrogens with zero attached hydrogens (tertiary/aromatic N) is 4. The van der Waals surface area contributed by atoms with Crippen LogP contribution in [-0.2, 0) is 0 Å². The summed E-state index contributed by atoms with van der Waals surface area (Å²) < 4.78 is 0. The van der Waals surface area contributed by atoms with E-state index in [1.807, 2.05) is 135 Å². The van der Waals surface area contributed by atoms with Crippen LogP contribution in [0.2, 0.25) is 0 Å². The summed E-state index contributed by atoms with van der Waals surface area (Å²) in [6.07, 6.45) is 0. The van der Waals surface area contributed by atoms with E-state index < -0.39 is 23.6 Å². The third kappa shape index (κ3) is 9.18. The summed E-state index contributed by atoms with van der Waals surface area (Å²) in [6, 6.07) is 91.1. The lowest BCUT2D eigenvalue weighted by atomic mass is 9.80. The zero-order valence-corrected chi connectivity index (χ0v) is 76.8. The minimum absolute atomic E-state index is 0.0785. The summed E-state index contributed by atoms with van der Waals surface area (Å²) in [6.45, 7) is 20.8. The van der Waals surface area contributed by atoms with Crippen LogP contribution in [-0.4, -0.2) is 47.3 Å². The Kier molecular flexibility index (Phi) is 14.7. The van der Waals surface area contributed by atoms with Crippen molar-refractivity contribution in [3.8, 4) is 11.1 Å². The Hall–Kier alpha value is -17.0. The molecule has 4 aliphatic heterocycles. The molecule has 0 bridgehead atoms. The molecule has 0 saturated heterocycles. The zero-order chi connectivity index (χ0) is 93.0. The smallest absolute Gasteiger partial charge is 0.266 e. The van der Waals surface area contributed by atoms with Gasteiger partial charge in [-0.15, -0.1) is 0 Å². The number of amides is 8. The average molecular weight is 1780 g/mol. The Morgan fingerprint density at radius 3 is 0.449 bits per heavy atom. The molecule has 12 heteroatoms. The summed E-state index contributed by atoms with van der Waals surface area (Å²) in [5.41, 5.74) is 13.3. The average Bonchev–Trinajstić information content (AvgIpc) is 0.675. The number of fused-ring (bicyclic) bond motifs is 12. The van der Waals surface area contributed by atoms with E-state index in [0.29, 0.717) is 88.8 Å². The number of para-hydroxylation sites is 2. The third-order valence-electron chi connectivity index (χ3n) is 32.6. The molecule has 12 nitrogen and oxygen atoms in total. The van der Waals surface area contributed by atoms with Crippen LogP contribution in [0.1, 0.15) is 195 Å². The highest BCUT2D eigenvalue weighted by Crippen LogP contribution is 2.58. The largest absolute Gasteiger partial charge is 0.268 e. The first-order valence-electron chi connectivity index (χ1n) is 47.9. The number of imide groups is 4. The molecule has 8 amide bonds. The maximum Gasteiger partial charge on any atom is 0.266 e. The number of anilines is 4. The molecule has 138 heavy (non-hydrogen) atoms. The maximum absolute atomic E-state index is 15.4. The standard InChI is InChI=1S/C126H78N4O8/c1-55(2)63-13-11-14-64(56(3)4)117(63)129-123(135)97-49-41-89-81-33-25-73-69-21-29-77-85-37-45-93-113-94(46-38-86(109(85)113)78-30-22-70(101(69)105(77)78)74-26-34-82(107(81)103(73)74)90-42-50-98(124(129)136)115(97)111(89)90)120(132)127(119(93)131)61-17-19-67(59(9)53-61)68-20-18-62(54-60(68)10)128-121(133)95-47-39-87-79-31-23-71-75-27-35-83-91-43-51-99-116-100(126(138)130(125(99)137)118-65(57(5)6)15-12-16-66(118)58(7)8)52-44-92(112(91)116)84-36-28-76(104(75)108(83)84)72-24-32-80(106(79)102(71)72)88-40-48-96(122(128)134)114(95)110(87)88/h11-58H,1-10H3. The van der Waals surface area contributed by atoms with Crippen LogP contribution in [0.25, 0.3) is 227 Å². The summed E-state index contributed by atoms with van der Waals surface area (Å²) in [5.74, 6) is -2.57. The van der Waals surface area contributed by atoms with Gasteiger partial charge in [0.15, 0.2) is 0 Å². The lowest BCUT2D eigenvalue weighted by molar-refractivity contribution is 0.0877. The third-order valence-corrected chi connectivity index (χ3v) is 32.6. The normalized spacial score (nSPS) is 14.6. The fourth-order valence-electron chi connectivity index (χ4n) is 26.7. The van der Waals surface area contributed by atoms with Crippen LogP contribution in [0.5, 0.6) is 0 Å². The van der Waals surface area contributed by atoms with E-state index in [-0.39, 0.29) is 47.3 Å². The Morgan fingerprint density at radius 2 is 0.297 bits per heavy atom. The fraction of sp³-hybridized carbons (Fsp3) is 0.111. The van der Waals surface area contributed by atoms with Crippen molar-refractivity contribution in [2.24, 2.45) is 0 Å². The molecule has 30 rings (SSSR count). The Labute approximate surface area is 787 Å². The molecule has 0 aliphatic carbocycles. The van der Waals surface area contributed by atoms with Gasteiger partial charge >= 0.3 is 0 Å². The maximum atomic E-state index is 15.4. The molecule has 26 aromatic carbocycles. The summed E-state index contributed by atoms with van der Waals surface area (Å²) in [4.78, 5) is 128. The van der Waals surface area contributed by atoms with Gasteiger partial charge in [-0.05, 0) is 349 Å². The molecule has 4 aliphatic rings. The lowest BCUT2D eigenvalue weighted by Gasteiger charge is -2.32. The molecule has 650 valence electrons. The predicted octanol–water partition coefficient (Wildman–Crippen LogP) is 31.4. The molecule has 0 aromatic heterocycles. The van der Waals surface area contributed by atoms with Crippen LogP contribution in [0, 0.1) is 13.8 Å². The SMILES string of the molecule is Cc1cc(N2C(=O)c3ccc4c5ccc6c7ccc8c9ccc%10c%11c(ccc(c%12ccc(c%13ccc(c%14ccc(c3c4%14)C2=O)c5c6%13)c7c8%12)c%119)C(=O)N(c2c(C(C)C)cccc2C(C)C)C%10=O)ccc1-c1ccc(N2C(=O)c3ccc4c5ccc6c7ccc8c9ccc%10c%11c(ccc(c%12ccc(c%13ccc(c%14ccc(c3c4%14)C2=O)c5c6%13)c7c8%12)c%119)C(=O)N(c2c(C(C)C)cccc2C(C)C)C%10=O)cc1C. The van der Waals surface area contributed by atoms with E-state index in [1.165, 1.54) is 19.6 Å². The topological polar surface area (TPSA) is 150 Å². The number of hydrogen-bond donors (Lipinski definition) is 0. The van der Waals surface area contributed by atoms with Crippen molar-refractivity contribution in [3.63, 3.8) is 0 Å². The van der Waals surface area contributed by atoms with E-state index in [0.717, 1.165) is 238 Å². The van der Waals surface area contributed by atoms with Gasteiger partial charge in [-0.1, -0.05) is 250 Å². The van der Waals surface area contributed by atoms with Gasteiger partial charge in [0.25, 0.3) is 47.3 Å². The first kappa shape index (κ1) is 77.5. The van der Waals surface area contributed by atoms with Gasteiger partial charge in [-0.3, -0.25) is 38.4 Å². The second-order valence-electron chi connectivity index (χ2n) is 40.5. The summed E-state index contributed by atoms with van der Waals surface area (Å²) >= 11 is 0. The molecule has 26 aromatic rings. The highest BCUT2D eigenvalue weighted by atomic mass is 16.2. The van der Waals surface area contributed by atoms with Gasteiger partial charge < -0.3 is 0 Å². The molecule has 0 fully saturated rings. The van der Waals surface area contributed by atoms with Crippen molar-refractivity contribution in [3.05, 3.63) is 345 Å². The highest BCUT2D eigenvalue weighted by Gasteiger charge is 2.44. The van der Waals surface area contributed by atoms with Crippen molar-refractivity contribution in [1.82, 2.24) is 0 Å². The number of carbonyl (C=O) groups is 8. The minimum atomic E-state index is -0.413. The number of aryl methyl sites for hydroxylation is 2. The van der Waals surface area contributed by atoms with Gasteiger partial charge in [0.2, 0.25) is 0 Å². The lowest BCUT2D eigenvalue weighted by Crippen LogP contribution is -2.41. The van der Waals surface area contributed by atoms with Crippen LogP contribution in [0.4, 0.5) is 22.7 Å². The van der Waals surface area contributed by atoms with Gasteiger partial charge in [0.05, 0.1) is 22.7 Å². The van der Waals surface area contributed by atoms with E-state index in [9.17, 15) is 0 Å². The second-order valence-corrected chi connectivity index (χ2v) is 40.5. The van der Waals surface area contributed by atoms with Gasteiger partial charge in [-0.25, -0.2) is 19.6 Å². The van der Waals surface area contributed by atoms with Crippen LogP contribution >= 0.6 is 0 Å². The first-order valence-corrected chi connectivity index (χ1v) is 47.9. The summed E-state index contributed by atoms with van der Waals surface area (Å²) in [7, 11) is 0. The van der Waals surface area contributed by atoms with Crippen LogP contribution in [0.3, 0.4) is 0 Å². The molecular formula is C126H78N4O8. The van der Waals surface area contributed by atoms with Gasteiger partial charge in [0.1, 0.15) is 0 Å². The highest BCUT2D eigenvalue weighted by molar-refractivity contribution is 6.53. The van der Waals surface area contributed by atoms with E-state index in [2.05, 4.69) is 201 Å². The van der Waals surface area contributed by atoms with Crippen molar-refractivity contribution in [2.45, 2.75) is 92.9 Å². The van der Waals surface area contributed by atoms with Crippen molar-refractivity contribution >= 4 is 285 Å². The molecule has 0 radical (unpaired) electrons. The quantitative estimate of drug-likeness (QED) is 0.0787. The minimum Gasteiger partial charge on any atom is -0.268 e. The fourth-order valence-corrected chi connectivity index (χ4v) is 26.7. The molecular weight excluding hydrogens is 1700 g/mol. The molecule has 0 atom stereocenters. The monoisotopic (exact) mass is 1770 g/mol. The molecule has 0 N–H and O–H groups in total. The Morgan fingerprint density at radius 1 is 0.159 bits per heavy atom. The van der Waals surface area contributed by atoms with E-state index >= 15 is 38.4 Å². The first-order chi connectivity index (χ1) is 67.0. The second kappa shape index (κ2) is 26.2. The molecule has 0 saturated carbocycles. The van der Waals surface area contributed by atoms with E-state index in [4.69, 9.17) is 0 Å². The van der Waals surface area contributed by atoms with E-state index in [1.54, 1.807) is 0 Å². The number of hydrogen-bond acceptors (Lipinski definition) is 8. The summed E-state index contributed by atoms with van der Waals surface area (Å²) in [5, 5.41) is 40.4. The number of rotatable bonds is 9. The predicted molar refractivity (Wildman–Crippen MR) is 565 cm³/mol. The van der Waals surface area contributed by atoms with Crippen LogP contribution in [0.15, 0.2) is 267 Å². The number of carbonyl (C=O) groups excluding carboxylic acids is 8. The Bertz CT molecular complexity index is 9410. The van der Waals surface area contributed by atoms with Crippen molar-refractivity contribution < 1.29 is 38.4 Å². The number of benzene rings is 26. The molecule has 0 spiro atoms. The Balaban J connectivity index is 0.462. The molecule has 4 heterocycles. The van der Waals surface area contributed by atoms with Crippen LogP contribution < -0.4 is 19.6 Å².